The zero-order valence-electron chi connectivity index (χ0n) is 9.12. The lowest BCUT2D eigenvalue weighted by molar-refractivity contribution is 1.27. The van der Waals surface area contributed by atoms with Crippen molar-refractivity contribution in [1.82, 2.24) is 8.75 Å². The molecule has 0 aliphatic heterocycles. The minimum absolute atomic E-state index is 0.683. The van der Waals surface area contributed by atoms with Crippen LogP contribution in [0.3, 0.4) is 0 Å². The van der Waals surface area contributed by atoms with Gasteiger partial charge < -0.3 is 5.32 Å². The third kappa shape index (κ3) is 2.33. The maximum Gasteiger partial charge on any atom is 0.129 e. The van der Waals surface area contributed by atoms with Crippen molar-refractivity contribution in [3.05, 3.63) is 28.8 Å². The molecule has 0 radical (unpaired) electrons. The first kappa shape index (κ1) is 11.4. The van der Waals surface area contributed by atoms with Gasteiger partial charge in [0, 0.05) is 6.54 Å². The molecule has 84 valence electrons. The van der Waals surface area contributed by atoms with Crippen LogP contribution < -0.4 is 5.32 Å². The van der Waals surface area contributed by atoms with Crippen LogP contribution in [0.25, 0.3) is 11.0 Å². The molecule has 0 aliphatic carbocycles. The van der Waals surface area contributed by atoms with Crippen LogP contribution in [0, 0.1) is 0 Å². The lowest BCUT2D eigenvalue weighted by Gasteiger charge is -2.06. The van der Waals surface area contributed by atoms with Crippen LogP contribution in [0.5, 0.6) is 0 Å². The smallest absolute Gasteiger partial charge is 0.129 e. The molecule has 0 aliphatic rings. The summed E-state index contributed by atoms with van der Waals surface area (Å²) in [6.45, 7) is 4.88. The number of aromatic nitrogens is 2. The molecule has 0 saturated heterocycles. The minimum atomic E-state index is 0.683. The summed E-state index contributed by atoms with van der Waals surface area (Å²) >= 11 is 7.33. The number of nitrogens with zero attached hydrogens (tertiary/aromatic N) is 2. The van der Waals surface area contributed by atoms with Crippen molar-refractivity contribution in [2.45, 2.75) is 13.8 Å². The second kappa shape index (κ2) is 4.80. The summed E-state index contributed by atoms with van der Waals surface area (Å²) in [6.07, 6.45) is 2.11. The molecule has 0 spiro atoms. The number of nitrogens with one attached hydrogen (secondary N) is 1. The number of allylic oxidation sites excluding steroid dienone is 1. The Morgan fingerprint density at radius 1 is 1.44 bits per heavy atom. The van der Waals surface area contributed by atoms with Crippen molar-refractivity contribution in [3.8, 4) is 0 Å². The van der Waals surface area contributed by atoms with E-state index in [1.807, 2.05) is 12.1 Å². The summed E-state index contributed by atoms with van der Waals surface area (Å²) in [5.41, 5.74) is 3.87. The van der Waals surface area contributed by atoms with Crippen molar-refractivity contribution in [1.29, 1.82) is 0 Å². The Balaban J connectivity index is 2.31. The lowest BCUT2D eigenvalue weighted by atomic mass is 10.2. The van der Waals surface area contributed by atoms with E-state index < -0.39 is 0 Å². The summed E-state index contributed by atoms with van der Waals surface area (Å²) in [4.78, 5) is 0. The van der Waals surface area contributed by atoms with Crippen LogP contribution in [0.4, 0.5) is 5.69 Å². The van der Waals surface area contributed by atoms with Gasteiger partial charge in [-0.3, -0.25) is 0 Å². The topological polar surface area (TPSA) is 37.8 Å². The highest BCUT2D eigenvalue weighted by Crippen LogP contribution is 2.29. The zero-order valence-corrected chi connectivity index (χ0v) is 10.7. The summed E-state index contributed by atoms with van der Waals surface area (Å²) in [7, 11) is 0. The summed E-state index contributed by atoms with van der Waals surface area (Å²) < 4.78 is 8.42. The number of rotatable bonds is 3. The van der Waals surface area contributed by atoms with Gasteiger partial charge in [-0.1, -0.05) is 23.3 Å². The Morgan fingerprint density at radius 3 is 3.00 bits per heavy atom. The number of halogens is 1. The zero-order chi connectivity index (χ0) is 11.5. The van der Waals surface area contributed by atoms with Crippen LogP contribution in [0.1, 0.15) is 13.8 Å². The van der Waals surface area contributed by atoms with Crippen molar-refractivity contribution in [2.24, 2.45) is 0 Å². The average Bonchev–Trinajstić information content (AvgIpc) is 2.69. The van der Waals surface area contributed by atoms with E-state index in [1.165, 1.54) is 17.3 Å². The first-order chi connectivity index (χ1) is 7.68. The highest BCUT2D eigenvalue weighted by molar-refractivity contribution is 7.00. The van der Waals surface area contributed by atoms with Gasteiger partial charge >= 0.3 is 0 Å². The number of hydrogen-bond donors (Lipinski definition) is 1. The summed E-state index contributed by atoms with van der Waals surface area (Å²) in [6, 6.07) is 3.73. The Morgan fingerprint density at radius 2 is 2.25 bits per heavy atom. The van der Waals surface area contributed by atoms with Gasteiger partial charge in [-0.05, 0) is 26.0 Å². The molecule has 2 rings (SSSR count). The number of anilines is 1. The molecule has 1 aromatic heterocycles. The number of hydrogen-bond acceptors (Lipinski definition) is 4. The molecule has 0 amide bonds. The molecule has 2 aromatic rings. The van der Waals surface area contributed by atoms with Crippen molar-refractivity contribution in [2.75, 3.05) is 11.9 Å². The molecule has 0 atom stereocenters. The maximum atomic E-state index is 6.13. The maximum absolute atomic E-state index is 6.13. The third-order valence-corrected chi connectivity index (χ3v) is 3.02. The lowest BCUT2D eigenvalue weighted by Crippen LogP contribution is -2.00. The summed E-state index contributed by atoms with van der Waals surface area (Å²) in [5, 5.41) is 3.95. The van der Waals surface area contributed by atoms with Crippen LogP contribution >= 0.6 is 23.3 Å². The molecular formula is C11H12ClN3S. The quantitative estimate of drug-likeness (QED) is 0.848. The van der Waals surface area contributed by atoms with Gasteiger partial charge in [0.15, 0.2) is 0 Å². The normalized spacial score (nSPS) is 10.4. The Kier molecular flexibility index (Phi) is 3.41. The van der Waals surface area contributed by atoms with Crippen LogP contribution in [-0.4, -0.2) is 15.3 Å². The molecular weight excluding hydrogens is 242 g/mol. The number of fused-ring (bicyclic) bond motifs is 1. The van der Waals surface area contributed by atoms with Gasteiger partial charge in [0.1, 0.15) is 11.0 Å². The van der Waals surface area contributed by atoms with E-state index in [4.69, 9.17) is 11.6 Å². The van der Waals surface area contributed by atoms with E-state index in [1.54, 1.807) is 0 Å². The van der Waals surface area contributed by atoms with Crippen molar-refractivity contribution >= 4 is 40.0 Å². The second-order valence-corrected chi connectivity index (χ2v) is 4.65. The van der Waals surface area contributed by atoms with E-state index in [0.717, 1.165) is 23.3 Å². The Bertz CT molecular complexity index is 529. The molecule has 0 fully saturated rings. The average molecular weight is 254 g/mol. The minimum Gasteiger partial charge on any atom is -0.379 e. The van der Waals surface area contributed by atoms with Gasteiger partial charge in [-0.25, -0.2) is 0 Å². The fraction of sp³-hybridized carbons (Fsp3) is 0.273. The molecule has 5 heteroatoms. The molecule has 0 saturated carbocycles. The van der Waals surface area contributed by atoms with Gasteiger partial charge in [-0.2, -0.15) is 8.75 Å². The highest BCUT2D eigenvalue weighted by atomic mass is 35.5. The van der Waals surface area contributed by atoms with Gasteiger partial charge in [0.25, 0.3) is 0 Å². The largest absolute Gasteiger partial charge is 0.379 e. The SMILES string of the molecule is CC(C)=CCNc1c(Cl)ccc2nsnc12. The van der Waals surface area contributed by atoms with E-state index in [-0.39, 0.29) is 0 Å². The van der Waals surface area contributed by atoms with Crippen molar-refractivity contribution in [3.63, 3.8) is 0 Å². The Hall–Kier alpha value is -1.13. The molecule has 3 nitrogen and oxygen atoms in total. The first-order valence-corrected chi connectivity index (χ1v) is 6.07. The third-order valence-electron chi connectivity index (χ3n) is 2.17. The van der Waals surface area contributed by atoms with Gasteiger partial charge in [-0.15, -0.1) is 0 Å². The second-order valence-electron chi connectivity index (χ2n) is 3.72. The van der Waals surface area contributed by atoms with E-state index >= 15 is 0 Å². The predicted molar refractivity (Wildman–Crippen MR) is 70.3 cm³/mol. The predicted octanol–water partition coefficient (Wildman–Crippen LogP) is 3.72. The van der Waals surface area contributed by atoms with Crippen LogP contribution in [0.2, 0.25) is 5.02 Å². The standard InChI is InChI=1S/C11H12ClN3S/c1-7(2)5-6-13-10-8(12)3-4-9-11(10)15-16-14-9/h3-5,13H,6H2,1-2H3. The molecule has 1 aromatic carbocycles. The fourth-order valence-electron chi connectivity index (χ4n) is 1.35. The van der Waals surface area contributed by atoms with Crippen LogP contribution in [0.15, 0.2) is 23.8 Å². The first-order valence-electron chi connectivity index (χ1n) is 4.96. The molecule has 16 heavy (non-hydrogen) atoms. The fourth-order valence-corrected chi connectivity index (χ4v) is 2.11. The van der Waals surface area contributed by atoms with Gasteiger partial charge in [0.05, 0.1) is 22.4 Å². The monoisotopic (exact) mass is 253 g/mol. The molecule has 0 unspecified atom stereocenters. The molecule has 0 bridgehead atoms. The molecule has 1 heterocycles. The van der Waals surface area contributed by atoms with E-state index in [0.29, 0.717) is 5.02 Å². The van der Waals surface area contributed by atoms with E-state index in [9.17, 15) is 0 Å². The van der Waals surface area contributed by atoms with Crippen LogP contribution in [-0.2, 0) is 0 Å². The van der Waals surface area contributed by atoms with E-state index in [2.05, 4.69) is 34.0 Å². The van der Waals surface area contributed by atoms with Crippen molar-refractivity contribution < 1.29 is 0 Å². The van der Waals surface area contributed by atoms with Gasteiger partial charge in [0.2, 0.25) is 0 Å². The Labute approximate surface area is 103 Å². The summed E-state index contributed by atoms with van der Waals surface area (Å²) in [5.74, 6) is 0. The molecule has 1 N–H and O–H groups in total. The highest BCUT2D eigenvalue weighted by Gasteiger charge is 2.08. The number of benzene rings is 1.